The largest absolute Gasteiger partial charge is 0.573 e. The number of hydrogen-bond acceptors (Lipinski definition) is 4. The molecule has 0 aromatic heterocycles. The van der Waals surface area contributed by atoms with Crippen molar-refractivity contribution >= 4 is 5.69 Å². The number of rotatable bonds is 11. The zero-order valence-corrected chi connectivity index (χ0v) is 18.5. The first-order valence-electron chi connectivity index (χ1n) is 10.9. The third kappa shape index (κ3) is 8.35. The van der Waals surface area contributed by atoms with Crippen molar-refractivity contribution in [1.82, 2.24) is 0 Å². The molecule has 3 aromatic carbocycles. The molecule has 0 heterocycles. The summed E-state index contributed by atoms with van der Waals surface area (Å²) in [4.78, 5) is 1.94. The van der Waals surface area contributed by atoms with E-state index in [0.717, 1.165) is 18.5 Å². The normalized spacial score (nSPS) is 12.3. The number of unbranched alkanes of at least 4 members (excludes halogenated alkanes) is 1. The zero-order valence-electron chi connectivity index (χ0n) is 18.5. The Morgan fingerprint density at radius 2 is 1.58 bits per heavy atom. The average Bonchev–Trinajstić information content (AvgIpc) is 2.77. The zero-order chi connectivity index (χ0) is 23.7. The van der Waals surface area contributed by atoms with E-state index in [-0.39, 0.29) is 5.75 Å². The Labute approximate surface area is 192 Å². The quantitative estimate of drug-likeness (QED) is 0.337. The van der Waals surface area contributed by atoms with Crippen LogP contribution in [0.5, 0.6) is 17.2 Å². The van der Waals surface area contributed by atoms with Crippen molar-refractivity contribution in [3.8, 4) is 17.2 Å². The van der Waals surface area contributed by atoms with Crippen molar-refractivity contribution in [2.75, 3.05) is 11.4 Å². The molecule has 4 nitrogen and oxygen atoms in total. The van der Waals surface area contributed by atoms with Crippen LogP contribution in [0.4, 0.5) is 18.9 Å². The monoisotopic (exact) mass is 459 g/mol. The molecule has 0 saturated heterocycles. The van der Waals surface area contributed by atoms with Crippen molar-refractivity contribution in [2.45, 2.75) is 45.2 Å². The van der Waals surface area contributed by atoms with Gasteiger partial charge < -0.3 is 19.5 Å². The van der Waals surface area contributed by atoms with Crippen LogP contribution in [0.25, 0.3) is 0 Å². The molecule has 176 valence electrons. The van der Waals surface area contributed by atoms with Crippen LogP contribution in [0.3, 0.4) is 0 Å². The predicted octanol–water partition coefficient (Wildman–Crippen LogP) is 6.94. The molecule has 0 spiro atoms. The minimum absolute atomic E-state index is 0.271. The van der Waals surface area contributed by atoms with E-state index in [9.17, 15) is 18.3 Å². The summed E-state index contributed by atoms with van der Waals surface area (Å²) in [6.07, 6.45) is -2.82. The van der Waals surface area contributed by atoms with Gasteiger partial charge in [-0.25, -0.2) is 0 Å². The molecule has 0 radical (unpaired) electrons. The predicted molar refractivity (Wildman–Crippen MR) is 123 cm³/mol. The second-order valence-electron chi connectivity index (χ2n) is 7.78. The van der Waals surface area contributed by atoms with Gasteiger partial charge in [-0.3, -0.25) is 0 Å². The molecule has 0 aliphatic rings. The van der Waals surface area contributed by atoms with Crippen molar-refractivity contribution < 1.29 is 27.8 Å². The highest BCUT2D eigenvalue weighted by atomic mass is 19.4. The third-order valence-corrected chi connectivity index (χ3v) is 4.99. The van der Waals surface area contributed by atoms with Crippen LogP contribution >= 0.6 is 0 Å². The molecule has 0 amide bonds. The van der Waals surface area contributed by atoms with Crippen molar-refractivity contribution in [3.63, 3.8) is 0 Å². The number of halogens is 3. The maximum absolute atomic E-state index is 12.6. The molecule has 3 rings (SSSR count). The molecule has 7 heteroatoms. The number of ether oxygens (including phenoxy) is 2. The van der Waals surface area contributed by atoms with E-state index in [1.165, 1.54) is 18.2 Å². The van der Waals surface area contributed by atoms with Gasteiger partial charge in [-0.1, -0.05) is 56.2 Å². The Bertz CT molecular complexity index is 995. The lowest BCUT2D eigenvalue weighted by atomic mass is 10.1. The van der Waals surface area contributed by atoms with Crippen molar-refractivity contribution in [2.24, 2.45) is 0 Å². The second kappa shape index (κ2) is 11.6. The number of para-hydroxylation sites is 1. The van der Waals surface area contributed by atoms with E-state index in [0.29, 0.717) is 36.6 Å². The molecule has 0 aliphatic carbocycles. The van der Waals surface area contributed by atoms with E-state index in [4.69, 9.17) is 4.74 Å². The van der Waals surface area contributed by atoms with E-state index < -0.39 is 12.5 Å². The third-order valence-electron chi connectivity index (χ3n) is 4.99. The Morgan fingerprint density at radius 1 is 0.879 bits per heavy atom. The van der Waals surface area contributed by atoms with E-state index in [1.807, 2.05) is 59.5 Å². The molecule has 0 saturated carbocycles. The lowest BCUT2D eigenvalue weighted by molar-refractivity contribution is -0.274. The molecule has 1 N–H and O–H groups in total. The maximum Gasteiger partial charge on any atom is 0.573 e. The highest BCUT2D eigenvalue weighted by molar-refractivity contribution is 5.52. The molecule has 1 unspecified atom stereocenters. The van der Waals surface area contributed by atoms with Gasteiger partial charge >= 0.3 is 6.36 Å². The molecular weight excluding hydrogens is 431 g/mol. The first-order chi connectivity index (χ1) is 15.8. The van der Waals surface area contributed by atoms with Crippen LogP contribution in [-0.2, 0) is 6.54 Å². The summed E-state index contributed by atoms with van der Waals surface area (Å²) >= 11 is 0. The Hall–Kier alpha value is -3.19. The molecule has 0 fully saturated rings. The molecule has 1 atom stereocenters. The smallest absolute Gasteiger partial charge is 0.457 e. The SMILES string of the molecule is CCCCC(O)CN(Cc1cccc(OC(F)(F)F)c1)c1cccc(Oc2ccccc2)c1. The summed E-state index contributed by atoms with van der Waals surface area (Å²) in [6, 6.07) is 22.7. The minimum Gasteiger partial charge on any atom is -0.457 e. The summed E-state index contributed by atoms with van der Waals surface area (Å²) in [5.41, 5.74) is 1.43. The van der Waals surface area contributed by atoms with Crippen LogP contribution in [0.15, 0.2) is 78.9 Å². The van der Waals surface area contributed by atoms with Gasteiger partial charge in [-0.2, -0.15) is 0 Å². The van der Waals surface area contributed by atoms with E-state index in [1.54, 1.807) is 6.07 Å². The van der Waals surface area contributed by atoms with Gasteiger partial charge in [0.1, 0.15) is 17.2 Å². The van der Waals surface area contributed by atoms with Gasteiger partial charge in [0, 0.05) is 24.8 Å². The van der Waals surface area contributed by atoms with Gasteiger partial charge in [-0.05, 0) is 48.4 Å². The number of aliphatic hydroxyl groups excluding tert-OH is 1. The van der Waals surface area contributed by atoms with Gasteiger partial charge in [0.15, 0.2) is 0 Å². The summed E-state index contributed by atoms with van der Waals surface area (Å²) in [7, 11) is 0. The van der Waals surface area contributed by atoms with E-state index in [2.05, 4.69) is 11.7 Å². The van der Waals surface area contributed by atoms with Crippen LogP contribution in [0.1, 0.15) is 31.7 Å². The van der Waals surface area contributed by atoms with Crippen LogP contribution in [0, 0.1) is 0 Å². The number of alkyl halides is 3. The minimum atomic E-state index is -4.75. The van der Waals surface area contributed by atoms with Crippen LogP contribution in [-0.4, -0.2) is 24.1 Å². The number of benzene rings is 3. The summed E-state index contributed by atoms with van der Waals surface area (Å²) in [5.74, 6) is 1.05. The average molecular weight is 460 g/mol. The molecule has 0 aliphatic heterocycles. The topological polar surface area (TPSA) is 41.9 Å². The van der Waals surface area contributed by atoms with Crippen molar-refractivity contribution in [1.29, 1.82) is 0 Å². The highest BCUT2D eigenvalue weighted by Gasteiger charge is 2.31. The van der Waals surface area contributed by atoms with Crippen LogP contribution in [0.2, 0.25) is 0 Å². The van der Waals surface area contributed by atoms with Gasteiger partial charge in [0.05, 0.1) is 6.10 Å². The van der Waals surface area contributed by atoms with Crippen molar-refractivity contribution in [3.05, 3.63) is 84.4 Å². The fraction of sp³-hybridized carbons (Fsp3) is 0.308. The standard InChI is InChI=1S/C26H28F3NO3/c1-2-3-11-22(31)19-30(18-20-9-7-15-25(16-20)33-26(27,28)29)21-10-8-14-24(17-21)32-23-12-5-4-6-13-23/h4-10,12-17,22,31H,2-3,11,18-19H2,1H3. The molecule has 3 aromatic rings. The molecule has 33 heavy (non-hydrogen) atoms. The lowest BCUT2D eigenvalue weighted by Crippen LogP contribution is -2.32. The van der Waals surface area contributed by atoms with E-state index >= 15 is 0 Å². The van der Waals surface area contributed by atoms with Gasteiger partial charge in [-0.15, -0.1) is 13.2 Å². The van der Waals surface area contributed by atoms with Gasteiger partial charge in [0.2, 0.25) is 0 Å². The maximum atomic E-state index is 12.6. The fourth-order valence-corrected chi connectivity index (χ4v) is 3.48. The van der Waals surface area contributed by atoms with Gasteiger partial charge in [0.25, 0.3) is 0 Å². The molecule has 0 bridgehead atoms. The number of aliphatic hydroxyl groups is 1. The Kier molecular flexibility index (Phi) is 8.60. The fourth-order valence-electron chi connectivity index (χ4n) is 3.48. The Morgan fingerprint density at radius 3 is 2.30 bits per heavy atom. The van der Waals surface area contributed by atoms with Crippen LogP contribution < -0.4 is 14.4 Å². The summed E-state index contributed by atoms with van der Waals surface area (Å²) in [6.45, 7) is 2.69. The number of nitrogens with zero attached hydrogens (tertiary/aromatic N) is 1. The first kappa shape index (κ1) is 24.5. The number of anilines is 1. The summed E-state index contributed by atoms with van der Waals surface area (Å²) in [5, 5.41) is 10.6. The Balaban J connectivity index is 1.82. The first-order valence-corrected chi connectivity index (χ1v) is 10.9. The highest BCUT2D eigenvalue weighted by Crippen LogP contribution is 2.29. The second-order valence-corrected chi connectivity index (χ2v) is 7.78. The number of hydrogen-bond donors (Lipinski definition) is 1. The lowest BCUT2D eigenvalue weighted by Gasteiger charge is -2.28. The summed E-state index contributed by atoms with van der Waals surface area (Å²) < 4.78 is 47.9. The molecular formula is C26H28F3NO3.